The average molecular weight is 167 g/mol. The van der Waals surface area contributed by atoms with Crippen molar-refractivity contribution in [2.24, 2.45) is 11.7 Å². The van der Waals surface area contributed by atoms with Gasteiger partial charge in [-0.15, -0.1) is 0 Å². The minimum atomic E-state index is 0.148. The molecule has 2 atom stereocenters. The smallest absolute Gasteiger partial charge is 0.0448 e. The molecule has 12 heavy (non-hydrogen) atoms. The zero-order valence-corrected chi connectivity index (χ0v) is 7.42. The molecule has 0 aromatic heterocycles. The molecule has 3 N–H and O–H groups in total. The van der Waals surface area contributed by atoms with E-state index in [1.54, 1.807) is 5.57 Å². The van der Waals surface area contributed by atoms with Crippen LogP contribution in [-0.2, 0) is 0 Å². The van der Waals surface area contributed by atoms with E-state index in [9.17, 15) is 0 Å². The van der Waals surface area contributed by atoms with E-state index in [4.69, 9.17) is 10.8 Å². The molecule has 0 spiro atoms. The number of hydrogen-bond acceptors (Lipinski definition) is 2. The maximum absolute atomic E-state index is 8.76. The monoisotopic (exact) mass is 167 g/mol. The van der Waals surface area contributed by atoms with E-state index in [2.05, 4.69) is 0 Å². The summed E-state index contributed by atoms with van der Waals surface area (Å²) in [7, 11) is 0. The van der Waals surface area contributed by atoms with Gasteiger partial charge in [-0.1, -0.05) is 11.1 Å². The summed E-state index contributed by atoms with van der Waals surface area (Å²) in [6, 6.07) is 0.148. The number of allylic oxidation sites excluding steroid dienone is 1. The van der Waals surface area contributed by atoms with Crippen molar-refractivity contribution in [3.05, 3.63) is 11.1 Å². The van der Waals surface area contributed by atoms with Crippen molar-refractivity contribution in [1.82, 2.24) is 0 Å². The van der Waals surface area contributed by atoms with Gasteiger partial charge in [0.05, 0.1) is 0 Å². The minimum Gasteiger partial charge on any atom is -0.396 e. The van der Waals surface area contributed by atoms with Gasteiger partial charge < -0.3 is 10.8 Å². The lowest BCUT2D eigenvalue weighted by atomic mass is 9.93. The molecule has 2 bridgehead atoms. The lowest BCUT2D eigenvalue weighted by Crippen LogP contribution is -2.25. The quantitative estimate of drug-likeness (QED) is 0.620. The molecule has 2 aliphatic carbocycles. The van der Waals surface area contributed by atoms with E-state index in [0.29, 0.717) is 0 Å². The third kappa shape index (κ3) is 1.29. The molecular weight excluding hydrogens is 150 g/mol. The van der Waals surface area contributed by atoms with Crippen molar-refractivity contribution in [1.29, 1.82) is 0 Å². The summed E-state index contributed by atoms with van der Waals surface area (Å²) in [4.78, 5) is 0. The van der Waals surface area contributed by atoms with Gasteiger partial charge in [-0.25, -0.2) is 0 Å². The predicted octanol–water partition coefficient (Wildman–Crippen LogP) is 1.20. The third-order valence-electron chi connectivity index (χ3n) is 3.24. The highest BCUT2D eigenvalue weighted by molar-refractivity contribution is 5.29. The van der Waals surface area contributed by atoms with E-state index in [0.717, 1.165) is 12.3 Å². The normalized spacial score (nSPS) is 30.0. The highest BCUT2D eigenvalue weighted by Crippen LogP contribution is 2.45. The number of hydrogen-bond donors (Lipinski definition) is 2. The van der Waals surface area contributed by atoms with Crippen molar-refractivity contribution < 1.29 is 5.11 Å². The number of nitrogens with two attached hydrogens (primary N) is 1. The lowest BCUT2D eigenvalue weighted by molar-refractivity contribution is 0.279. The molecule has 0 aromatic rings. The van der Waals surface area contributed by atoms with Crippen LogP contribution in [0.25, 0.3) is 0 Å². The van der Waals surface area contributed by atoms with Gasteiger partial charge in [0.1, 0.15) is 0 Å². The number of aliphatic hydroxyl groups is 1. The summed E-state index contributed by atoms with van der Waals surface area (Å²) < 4.78 is 0. The second-order valence-corrected chi connectivity index (χ2v) is 4.06. The Morgan fingerprint density at radius 3 is 2.83 bits per heavy atom. The van der Waals surface area contributed by atoms with Crippen LogP contribution >= 0.6 is 0 Å². The molecule has 0 saturated heterocycles. The molecule has 68 valence electrons. The van der Waals surface area contributed by atoms with Crippen LogP contribution < -0.4 is 5.73 Å². The third-order valence-corrected chi connectivity index (χ3v) is 3.24. The Morgan fingerprint density at radius 1 is 1.50 bits per heavy atom. The van der Waals surface area contributed by atoms with Crippen molar-refractivity contribution >= 4 is 0 Å². The van der Waals surface area contributed by atoms with E-state index < -0.39 is 0 Å². The van der Waals surface area contributed by atoms with Crippen molar-refractivity contribution in [3.8, 4) is 0 Å². The van der Waals surface area contributed by atoms with E-state index >= 15 is 0 Å². The van der Waals surface area contributed by atoms with Crippen LogP contribution in [0.2, 0.25) is 0 Å². The van der Waals surface area contributed by atoms with Crippen molar-refractivity contribution in [2.75, 3.05) is 6.61 Å². The van der Waals surface area contributed by atoms with Crippen LogP contribution in [0.5, 0.6) is 0 Å². The number of aliphatic hydroxyl groups excluding tert-OH is 1. The van der Waals surface area contributed by atoms with Gasteiger partial charge in [0.15, 0.2) is 0 Å². The van der Waals surface area contributed by atoms with Crippen LogP contribution in [0.15, 0.2) is 11.1 Å². The Balaban J connectivity index is 2.04. The molecule has 0 aromatic carbocycles. The molecule has 2 nitrogen and oxygen atoms in total. The van der Waals surface area contributed by atoms with Crippen molar-refractivity contribution in [3.63, 3.8) is 0 Å². The molecule has 0 amide bonds. The first kappa shape index (κ1) is 8.27. The Bertz CT molecular complexity index is 210. The topological polar surface area (TPSA) is 46.2 Å². The zero-order chi connectivity index (χ0) is 8.55. The summed E-state index contributed by atoms with van der Waals surface area (Å²) >= 11 is 0. The molecule has 2 unspecified atom stereocenters. The second kappa shape index (κ2) is 3.19. The van der Waals surface area contributed by atoms with Crippen LogP contribution in [0.4, 0.5) is 0 Å². The van der Waals surface area contributed by atoms with Gasteiger partial charge in [-0.3, -0.25) is 0 Å². The fourth-order valence-electron chi connectivity index (χ4n) is 2.58. The maximum Gasteiger partial charge on any atom is 0.0448 e. The summed E-state index contributed by atoms with van der Waals surface area (Å²) in [5.41, 5.74) is 9.04. The van der Waals surface area contributed by atoms with Gasteiger partial charge >= 0.3 is 0 Å². The van der Waals surface area contributed by atoms with E-state index in [-0.39, 0.29) is 12.6 Å². The molecular formula is C10H17NO. The SMILES string of the molecule is NC(CCO)C1=C2CCC(C2)C1. The van der Waals surface area contributed by atoms with Crippen LogP contribution in [0.3, 0.4) is 0 Å². The zero-order valence-electron chi connectivity index (χ0n) is 7.42. The molecule has 2 rings (SSSR count). The second-order valence-electron chi connectivity index (χ2n) is 4.06. The Hall–Kier alpha value is -0.340. The van der Waals surface area contributed by atoms with Gasteiger partial charge in [0.2, 0.25) is 0 Å². The summed E-state index contributed by atoms with van der Waals surface area (Å²) in [5, 5.41) is 8.76. The van der Waals surface area contributed by atoms with Gasteiger partial charge in [0.25, 0.3) is 0 Å². The Labute approximate surface area is 73.5 Å². The van der Waals surface area contributed by atoms with Crippen LogP contribution in [-0.4, -0.2) is 17.8 Å². The van der Waals surface area contributed by atoms with Gasteiger partial charge in [-0.05, 0) is 38.0 Å². The van der Waals surface area contributed by atoms with E-state index in [1.165, 1.54) is 31.3 Å². The summed E-state index contributed by atoms with van der Waals surface area (Å²) in [6.07, 6.45) is 5.92. The molecule has 2 aliphatic rings. The van der Waals surface area contributed by atoms with Crippen LogP contribution in [0, 0.1) is 5.92 Å². The summed E-state index contributed by atoms with van der Waals surface area (Å²) in [5.74, 6) is 0.903. The van der Waals surface area contributed by atoms with Gasteiger partial charge in [0, 0.05) is 12.6 Å². The van der Waals surface area contributed by atoms with Crippen molar-refractivity contribution in [2.45, 2.75) is 38.1 Å². The lowest BCUT2D eigenvalue weighted by Gasteiger charge is -2.17. The van der Waals surface area contributed by atoms with Crippen LogP contribution in [0.1, 0.15) is 32.1 Å². The maximum atomic E-state index is 8.76. The fraction of sp³-hybridized carbons (Fsp3) is 0.800. The molecule has 0 heterocycles. The molecule has 2 heteroatoms. The molecule has 0 radical (unpaired) electrons. The molecule has 0 aliphatic heterocycles. The number of rotatable bonds is 3. The Morgan fingerprint density at radius 2 is 2.33 bits per heavy atom. The first-order chi connectivity index (χ1) is 5.81. The summed E-state index contributed by atoms with van der Waals surface area (Å²) in [6.45, 7) is 0.225. The van der Waals surface area contributed by atoms with E-state index in [1.807, 2.05) is 0 Å². The first-order valence-electron chi connectivity index (χ1n) is 4.88. The molecule has 1 saturated carbocycles. The van der Waals surface area contributed by atoms with Gasteiger partial charge in [-0.2, -0.15) is 0 Å². The highest BCUT2D eigenvalue weighted by atomic mass is 16.3. The first-order valence-corrected chi connectivity index (χ1v) is 4.88. The highest BCUT2D eigenvalue weighted by Gasteiger charge is 2.31. The average Bonchev–Trinajstić information content (AvgIpc) is 2.64. The number of fused-ring (bicyclic) bond motifs is 2. The fourth-order valence-corrected chi connectivity index (χ4v) is 2.58. The minimum absolute atomic E-state index is 0.148. The largest absolute Gasteiger partial charge is 0.396 e. The predicted molar refractivity (Wildman–Crippen MR) is 48.7 cm³/mol. The Kier molecular flexibility index (Phi) is 2.20. The standard InChI is InChI=1S/C10H17NO/c11-10(3-4-12)9-6-7-1-2-8(9)5-7/h7,10,12H,1-6,11H2. The molecule has 1 fully saturated rings.